The summed E-state index contributed by atoms with van der Waals surface area (Å²) in [5, 5.41) is 9.72. The van der Waals surface area contributed by atoms with Crippen molar-refractivity contribution >= 4 is 11.6 Å². The number of halogens is 2. The zero-order valence-electron chi connectivity index (χ0n) is 11.9. The largest absolute Gasteiger partial charge is 0.395 e. The maximum atomic E-state index is 13.1. The molecule has 0 radical (unpaired) electrons. The van der Waals surface area contributed by atoms with Gasteiger partial charge >= 0.3 is 0 Å². The van der Waals surface area contributed by atoms with E-state index < -0.39 is 0 Å². The van der Waals surface area contributed by atoms with Gasteiger partial charge in [0.1, 0.15) is 5.82 Å². The van der Waals surface area contributed by atoms with Gasteiger partial charge in [-0.15, -0.1) is 0 Å². The number of rotatable bonds is 5. The van der Waals surface area contributed by atoms with Crippen LogP contribution < -0.4 is 0 Å². The maximum absolute atomic E-state index is 13.1. The number of hydrogen-bond donors (Lipinski definition) is 1. The van der Waals surface area contributed by atoms with Crippen LogP contribution in [0.1, 0.15) is 18.4 Å². The molecule has 1 aromatic rings. The predicted octanol–water partition coefficient (Wildman–Crippen LogP) is 2.37. The molecule has 0 amide bonds. The first kappa shape index (κ1) is 15.7. The molecule has 20 heavy (non-hydrogen) atoms. The van der Waals surface area contributed by atoms with Gasteiger partial charge in [0.2, 0.25) is 0 Å². The monoisotopic (exact) mass is 300 g/mol. The molecule has 2 rings (SSSR count). The molecule has 0 bridgehead atoms. The predicted molar refractivity (Wildman–Crippen MR) is 79.4 cm³/mol. The first-order valence-electron chi connectivity index (χ1n) is 7.07. The Kier molecular flexibility index (Phi) is 5.78. The third-order valence-electron chi connectivity index (χ3n) is 3.98. The number of aliphatic hydroxyl groups is 1. The molecule has 112 valence electrons. The molecule has 3 nitrogen and oxygen atoms in total. The fourth-order valence-electron chi connectivity index (χ4n) is 2.75. The van der Waals surface area contributed by atoms with Gasteiger partial charge in [-0.25, -0.2) is 4.39 Å². The molecule has 0 spiro atoms. The maximum Gasteiger partial charge on any atom is 0.124 e. The lowest BCUT2D eigenvalue weighted by Gasteiger charge is -2.37. The third-order valence-corrected chi connectivity index (χ3v) is 4.33. The van der Waals surface area contributed by atoms with Crippen LogP contribution in [0.15, 0.2) is 18.2 Å². The topological polar surface area (TPSA) is 26.7 Å². The highest BCUT2D eigenvalue weighted by molar-refractivity contribution is 6.31. The number of nitrogens with zero attached hydrogens (tertiary/aromatic N) is 2. The summed E-state index contributed by atoms with van der Waals surface area (Å²) < 4.78 is 13.1. The first-order valence-corrected chi connectivity index (χ1v) is 7.45. The second-order valence-electron chi connectivity index (χ2n) is 5.46. The molecule has 1 saturated heterocycles. The van der Waals surface area contributed by atoms with Crippen molar-refractivity contribution in [1.82, 2.24) is 9.80 Å². The fourth-order valence-corrected chi connectivity index (χ4v) is 2.97. The molecule has 0 atom stereocenters. The lowest BCUT2D eigenvalue weighted by molar-refractivity contribution is 0.0941. The molecule has 5 heteroatoms. The Hall–Kier alpha value is -0.680. The van der Waals surface area contributed by atoms with Crippen molar-refractivity contribution in [2.24, 2.45) is 0 Å². The van der Waals surface area contributed by atoms with E-state index in [1.54, 1.807) is 6.07 Å². The van der Waals surface area contributed by atoms with Crippen molar-refractivity contribution in [3.63, 3.8) is 0 Å². The second kappa shape index (κ2) is 7.36. The highest BCUT2D eigenvalue weighted by Gasteiger charge is 2.23. The van der Waals surface area contributed by atoms with Gasteiger partial charge in [-0.3, -0.25) is 4.90 Å². The van der Waals surface area contributed by atoms with Gasteiger partial charge in [0.15, 0.2) is 0 Å². The lowest BCUT2D eigenvalue weighted by Crippen LogP contribution is -2.44. The summed E-state index contributed by atoms with van der Waals surface area (Å²) in [7, 11) is 2.13. The molecule has 1 fully saturated rings. The number of aliphatic hydroxyl groups excluding tert-OH is 1. The SMILES string of the molecule is CN1CCC(N(CCO)Cc2ccc(F)cc2Cl)CC1. The minimum atomic E-state index is -0.313. The Bertz CT molecular complexity index is 436. The molecular formula is C15H22ClFN2O. The van der Waals surface area contributed by atoms with Crippen molar-refractivity contribution in [2.75, 3.05) is 33.3 Å². The van der Waals surface area contributed by atoms with E-state index >= 15 is 0 Å². The third kappa shape index (κ3) is 4.16. The Balaban J connectivity index is 2.04. The van der Waals surface area contributed by atoms with Gasteiger partial charge in [0.05, 0.1) is 6.61 Å². The Morgan fingerprint density at radius 3 is 2.70 bits per heavy atom. The van der Waals surface area contributed by atoms with E-state index in [1.807, 2.05) is 0 Å². The van der Waals surface area contributed by atoms with Crippen LogP contribution in [0, 0.1) is 5.82 Å². The van der Waals surface area contributed by atoms with E-state index in [0.717, 1.165) is 31.5 Å². The van der Waals surface area contributed by atoms with Gasteiger partial charge in [-0.1, -0.05) is 17.7 Å². The van der Waals surface area contributed by atoms with Crippen LogP contribution in [0.4, 0.5) is 4.39 Å². The quantitative estimate of drug-likeness (QED) is 0.904. The summed E-state index contributed by atoms with van der Waals surface area (Å²) in [5.74, 6) is -0.313. The van der Waals surface area contributed by atoms with Gasteiger partial charge < -0.3 is 10.0 Å². The molecule has 1 aliphatic heterocycles. The Morgan fingerprint density at radius 2 is 2.10 bits per heavy atom. The molecule has 1 N–H and O–H groups in total. The van der Waals surface area contributed by atoms with Crippen molar-refractivity contribution in [2.45, 2.75) is 25.4 Å². The molecule has 0 unspecified atom stereocenters. The number of benzene rings is 1. The summed E-state index contributed by atoms with van der Waals surface area (Å²) in [6.45, 7) is 3.56. The summed E-state index contributed by atoms with van der Waals surface area (Å²) >= 11 is 6.10. The van der Waals surface area contributed by atoms with Crippen LogP contribution in [0.3, 0.4) is 0 Å². The van der Waals surface area contributed by atoms with Crippen LogP contribution in [-0.2, 0) is 6.54 Å². The zero-order chi connectivity index (χ0) is 14.5. The number of piperidine rings is 1. The second-order valence-corrected chi connectivity index (χ2v) is 5.87. The average Bonchev–Trinajstić information content (AvgIpc) is 2.42. The molecule has 1 aliphatic rings. The fraction of sp³-hybridized carbons (Fsp3) is 0.600. The van der Waals surface area contributed by atoms with Gasteiger partial charge in [0.25, 0.3) is 0 Å². The zero-order valence-corrected chi connectivity index (χ0v) is 12.6. The highest BCUT2D eigenvalue weighted by Crippen LogP contribution is 2.23. The van der Waals surface area contributed by atoms with E-state index in [-0.39, 0.29) is 12.4 Å². The summed E-state index contributed by atoms with van der Waals surface area (Å²) in [6.07, 6.45) is 2.19. The molecule has 1 aromatic carbocycles. The van der Waals surface area contributed by atoms with Gasteiger partial charge in [-0.05, 0) is 50.7 Å². The van der Waals surface area contributed by atoms with E-state index in [4.69, 9.17) is 11.6 Å². The first-order chi connectivity index (χ1) is 9.60. The van der Waals surface area contributed by atoms with E-state index in [9.17, 15) is 9.50 Å². The minimum absolute atomic E-state index is 0.130. The summed E-state index contributed by atoms with van der Waals surface area (Å²) in [6, 6.07) is 4.98. The Morgan fingerprint density at radius 1 is 1.40 bits per heavy atom. The molecule has 0 saturated carbocycles. The molecule has 1 heterocycles. The van der Waals surface area contributed by atoms with Crippen molar-refractivity contribution in [3.8, 4) is 0 Å². The minimum Gasteiger partial charge on any atom is -0.395 e. The Labute approximate surface area is 124 Å². The van der Waals surface area contributed by atoms with Crippen LogP contribution >= 0.6 is 11.6 Å². The van der Waals surface area contributed by atoms with Crippen molar-refractivity contribution < 1.29 is 9.50 Å². The van der Waals surface area contributed by atoms with Crippen LogP contribution in [0.5, 0.6) is 0 Å². The van der Waals surface area contributed by atoms with Crippen LogP contribution in [-0.4, -0.2) is 54.2 Å². The van der Waals surface area contributed by atoms with E-state index in [0.29, 0.717) is 24.2 Å². The van der Waals surface area contributed by atoms with Gasteiger partial charge in [-0.2, -0.15) is 0 Å². The smallest absolute Gasteiger partial charge is 0.124 e. The summed E-state index contributed by atoms with van der Waals surface area (Å²) in [4.78, 5) is 4.57. The average molecular weight is 301 g/mol. The van der Waals surface area contributed by atoms with Crippen LogP contribution in [0.25, 0.3) is 0 Å². The molecule has 0 aliphatic carbocycles. The molecule has 0 aromatic heterocycles. The standard InChI is InChI=1S/C15H22ClFN2O/c1-18-6-4-14(5-7-18)19(8-9-20)11-12-2-3-13(17)10-15(12)16/h2-3,10,14,20H,4-9,11H2,1H3. The normalized spacial score (nSPS) is 17.9. The highest BCUT2D eigenvalue weighted by atomic mass is 35.5. The number of likely N-dealkylation sites (tertiary alicyclic amines) is 1. The van der Waals surface area contributed by atoms with Gasteiger partial charge in [0, 0.05) is 24.2 Å². The molecular weight excluding hydrogens is 279 g/mol. The van der Waals surface area contributed by atoms with E-state index in [1.165, 1.54) is 12.1 Å². The van der Waals surface area contributed by atoms with E-state index in [2.05, 4.69) is 16.8 Å². The number of hydrogen-bond acceptors (Lipinski definition) is 3. The van der Waals surface area contributed by atoms with Crippen molar-refractivity contribution in [3.05, 3.63) is 34.6 Å². The summed E-state index contributed by atoms with van der Waals surface area (Å²) in [5.41, 5.74) is 0.917. The van der Waals surface area contributed by atoms with Crippen LogP contribution in [0.2, 0.25) is 5.02 Å². The lowest BCUT2D eigenvalue weighted by atomic mass is 10.0. The van der Waals surface area contributed by atoms with Crippen molar-refractivity contribution in [1.29, 1.82) is 0 Å².